The zero-order valence-corrected chi connectivity index (χ0v) is 39.5. The molecule has 0 amide bonds. The lowest BCUT2D eigenvalue weighted by atomic mass is 9.93. The molecule has 1 unspecified atom stereocenters. The van der Waals surface area contributed by atoms with Gasteiger partial charge in [0.05, 0.1) is 0 Å². The molecule has 15 rings (SSSR count). The Labute approximate surface area is 411 Å². The number of benzene rings is 10. The van der Waals surface area contributed by atoms with Crippen LogP contribution in [0.4, 0.5) is 22.7 Å². The summed E-state index contributed by atoms with van der Waals surface area (Å²) in [7, 11) is 0. The fraction of sp³-hybridized carbons (Fsp3) is 0.0152. The van der Waals surface area contributed by atoms with Crippen molar-refractivity contribution >= 4 is 91.5 Å². The number of rotatable bonds is 4. The maximum Gasteiger partial charge on any atom is 0.235 e. The molecule has 3 aliphatic rings. The van der Waals surface area contributed by atoms with Crippen molar-refractivity contribution < 1.29 is 0 Å². The molecule has 0 saturated carbocycles. The third kappa shape index (κ3) is 5.94. The van der Waals surface area contributed by atoms with Crippen molar-refractivity contribution in [2.45, 2.75) is 6.04 Å². The molecule has 4 heteroatoms. The molecule has 1 atom stereocenters. The zero-order chi connectivity index (χ0) is 45.9. The van der Waals surface area contributed by atoms with Gasteiger partial charge in [-0.25, -0.2) is 0 Å². The van der Waals surface area contributed by atoms with E-state index in [0.717, 1.165) is 22.7 Å². The molecular formula is C66H41N2S2+. The standard InChI is InChI=1S/C66H41N2S2/c1-3-17-43(18-4-1)67-59-29-11-12-30-60(59)68(44-19-5-2-6-20-44)62-40-58-50-36-34-42(46-26-16-28-54-52-24-10-14-32-64(52)70-66(46)54)38-56(50)55-37-41(45-25-15-27-53-51-23-9-13-31-63(51)69-65(45)53)33-35-49(55)47-21-7-8-22-48(47)57(58)39-61(62)67/h1-40,60H/q+1. The van der Waals surface area contributed by atoms with Crippen LogP contribution in [0.1, 0.15) is 0 Å². The van der Waals surface area contributed by atoms with Crippen LogP contribution in [0.3, 0.4) is 0 Å². The quantitative estimate of drug-likeness (QED) is 0.159. The minimum Gasteiger partial charge on any atom is -0.319 e. The number of hydrogen-bond acceptors (Lipinski definition) is 3. The van der Waals surface area contributed by atoms with Crippen LogP contribution < -0.4 is 9.48 Å². The molecule has 10 aromatic carbocycles. The smallest absolute Gasteiger partial charge is 0.235 e. The Morgan fingerprint density at radius 1 is 0.386 bits per heavy atom. The molecule has 0 saturated heterocycles. The van der Waals surface area contributed by atoms with E-state index in [1.807, 2.05) is 22.7 Å². The lowest BCUT2D eigenvalue weighted by Crippen LogP contribution is -2.44. The highest BCUT2D eigenvalue weighted by Crippen LogP contribution is 2.45. The van der Waals surface area contributed by atoms with Gasteiger partial charge in [0.15, 0.2) is 0 Å². The maximum atomic E-state index is 2.54. The minimum atomic E-state index is -0.0254. The Balaban J connectivity index is 1.14. The predicted octanol–water partition coefficient (Wildman–Crippen LogP) is 17.1. The highest BCUT2D eigenvalue weighted by atomic mass is 32.1. The Morgan fingerprint density at radius 3 is 1.53 bits per heavy atom. The van der Waals surface area contributed by atoms with Crippen LogP contribution in [-0.2, 0) is 0 Å². The van der Waals surface area contributed by atoms with E-state index in [2.05, 4.69) is 252 Å². The summed E-state index contributed by atoms with van der Waals surface area (Å²) in [6.07, 6.45) is 9.02. The number of para-hydroxylation sites is 2. The normalized spacial score (nSPS) is 14.5. The fourth-order valence-electron chi connectivity index (χ4n) is 11.6. The number of anilines is 2. The second-order valence-electron chi connectivity index (χ2n) is 18.5. The molecule has 0 N–H and O–H groups in total. The summed E-state index contributed by atoms with van der Waals surface area (Å²) >= 11 is 3.79. The first-order chi connectivity index (χ1) is 34.7. The third-order valence-electron chi connectivity index (χ3n) is 14.7. The lowest BCUT2D eigenvalue weighted by molar-refractivity contribution is 0.894. The first-order valence-corrected chi connectivity index (χ1v) is 25.7. The summed E-state index contributed by atoms with van der Waals surface area (Å²) in [5.74, 6) is 0. The minimum absolute atomic E-state index is 0.0254. The summed E-state index contributed by atoms with van der Waals surface area (Å²) in [6.45, 7) is 0. The summed E-state index contributed by atoms with van der Waals surface area (Å²) in [4.78, 5) is 2.54. The van der Waals surface area contributed by atoms with Gasteiger partial charge in [-0.1, -0.05) is 176 Å². The molecule has 0 radical (unpaired) electrons. The van der Waals surface area contributed by atoms with E-state index in [1.165, 1.54) is 110 Å². The van der Waals surface area contributed by atoms with Gasteiger partial charge in [0.2, 0.25) is 17.1 Å². The van der Waals surface area contributed by atoms with Gasteiger partial charge in [-0.05, 0) is 106 Å². The molecule has 2 aliphatic carbocycles. The molecule has 70 heavy (non-hydrogen) atoms. The molecule has 0 bridgehead atoms. The molecule has 0 fully saturated rings. The van der Waals surface area contributed by atoms with Crippen molar-refractivity contribution in [2.75, 3.05) is 4.90 Å². The number of thiophene rings is 2. The van der Waals surface area contributed by atoms with Gasteiger partial charge in [0.25, 0.3) is 0 Å². The number of fused-ring (bicyclic) bond motifs is 12. The Kier molecular flexibility index (Phi) is 8.80. The van der Waals surface area contributed by atoms with E-state index in [-0.39, 0.29) is 6.04 Å². The van der Waals surface area contributed by atoms with Gasteiger partial charge in [-0.2, -0.15) is 4.58 Å². The first-order valence-electron chi connectivity index (χ1n) is 24.0. The van der Waals surface area contributed by atoms with Crippen molar-refractivity contribution in [3.8, 4) is 22.3 Å². The summed E-state index contributed by atoms with van der Waals surface area (Å²) in [5.41, 5.74) is 10.8. The third-order valence-corrected chi connectivity index (χ3v) is 17.2. The predicted molar refractivity (Wildman–Crippen MR) is 297 cm³/mol. The fourth-order valence-corrected chi connectivity index (χ4v) is 14.1. The van der Waals surface area contributed by atoms with Crippen LogP contribution in [0.15, 0.2) is 243 Å². The zero-order valence-electron chi connectivity index (χ0n) is 37.9. The molecule has 0 spiro atoms. The SMILES string of the molecule is C1=CC2=[N+](c3ccccc3)c3cc4c(cc3N(c3ccccc3)C2C=C1)=c1ccc(-c2cccc3c2sc2ccccc23)cc1=c1cc(-c2cccc3c2sc2ccccc23)ccc1=c1ccccc1=4. The average molecular weight is 926 g/mol. The summed E-state index contributed by atoms with van der Waals surface area (Å²) < 4.78 is 7.76. The van der Waals surface area contributed by atoms with Crippen molar-refractivity contribution in [1.29, 1.82) is 0 Å². The lowest BCUT2D eigenvalue weighted by Gasteiger charge is -2.35. The Bertz CT molecular complexity index is 4720. The second-order valence-corrected chi connectivity index (χ2v) is 20.6. The van der Waals surface area contributed by atoms with E-state index >= 15 is 0 Å². The molecular weight excluding hydrogens is 885 g/mol. The van der Waals surface area contributed by atoms with Crippen LogP contribution in [0, 0.1) is 41.7 Å². The van der Waals surface area contributed by atoms with E-state index in [0.29, 0.717) is 0 Å². The van der Waals surface area contributed by atoms with Crippen LogP contribution in [0.25, 0.3) is 62.6 Å². The van der Waals surface area contributed by atoms with E-state index in [1.54, 1.807) is 0 Å². The highest BCUT2D eigenvalue weighted by molar-refractivity contribution is 7.26. The monoisotopic (exact) mass is 925 g/mol. The van der Waals surface area contributed by atoms with Gasteiger partial charge < -0.3 is 4.90 Å². The first kappa shape index (κ1) is 39.6. The summed E-state index contributed by atoms with van der Waals surface area (Å²) in [5, 5.41) is 15.0. The second kappa shape index (κ2) is 15.6. The number of allylic oxidation sites excluding steroid dienone is 2. The maximum absolute atomic E-state index is 2.54. The highest BCUT2D eigenvalue weighted by Gasteiger charge is 2.40. The topological polar surface area (TPSA) is 6.25 Å². The number of nitrogens with zero attached hydrogens (tertiary/aromatic N) is 2. The van der Waals surface area contributed by atoms with Gasteiger partial charge >= 0.3 is 0 Å². The van der Waals surface area contributed by atoms with Crippen LogP contribution in [0.2, 0.25) is 0 Å². The van der Waals surface area contributed by atoms with Crippen LogP contribution >= 0.6 is 22.7 Å². The van der Waals surface area contributed by atoms with E-state index < -0.39 is 0 Å². The molecule has 12 aromatic rings. The van der Waals surface area contributed by atoms with Crippen molar-refractivity contribution in [1.82, 2.24) is 4.58 Å². The van der Waals surface area contributed by atoms with Crippen LogP contribution in [0.5, 0.6) is 0 Å². The van der Waals surface area contributed by atoms with Gasteiger partial charge in [0, 0.05) is 70.3 Å². The van der Waals surface area contributed by atoms with Crippen molar-refractivity contribution in [3.05, 3.63) is 284 Å². The van der Waals surface area contributed by atoms with E-state index in [4.69, 9.17) is 0 Å². The van der Waals surface area contributed by atoms with E-state index in [9.17, 15) is 0 Å². The number of hydrogen-bond donors (Lipinski definition) is 0. The van der Waals surface area contributed by atoms with Crippen LogP contribution in [-0.4, -0.2) is 11.8 Å². The largest absolute Gasteiger partial charge is 0.319 e. The molecule has 3 heterocycles. The summed E-state index contributed by atoms with van der Waals surface area (Å²) in [6, 6.07) is 81.8. The average Bonchev–Trinajstić information content (AvgIpc) is 4.01. The van der Waals surface area contributed by atoms with Crippen molar-refractivity contribution in [2.24, 2.45) is 0 Å². The molecule has 1 aliphatic heterocycles. The molecule has 2 aromatic heterocycles. The van der Waals surface area contributed by atoms with Gasteiger partial charge in [-0.3, -0.25) is 0 Å². The van der Waals surface area contributed by atoms with Gasteiger partial charge in [0.1, 0.15) is 11.7 Å². The molecule has 326 valence electrons. The van der Waals surface area contributed by atoms with Gasteiger partial charge in [-0.15, -0.1) is 22.7 Å². The molecule has 2 nitrogen and oxygen atoms in total. The van der Waals surface area contributed by atoms with Crippen molar-refractivity contribution in [3.63, 3.8) is 0 Å². The Morgan fingerprint density at radius 2 is 0.886 bits per heavy atom. The Hall–Kier alpha value is -8.41.